The molecule has 260 valence electrons. The molecule has 3 aliphatic rings. The fourth-order valence-corrected chi connectivity index (χ4v) is 7.61. The average molecular weight is 679 g/mol. The van der Waals surface area contributed by atoms with Gasteiger partial charge >= 0.3 is 12.1 Å². The van der Waals surface area contributed by atoms with Crippen LogP contribution in [0, 0.1) is 11.3 Å². The maximum absolute atomic E-state index is 13.9. The van der Waals surface area contributed by atoms with Gasteiger partial charge in [-0.2, -0.15) is 13.2 Å². The number of alkyl halides is 3. The number of carboxylic acid groups (broad SMARTS) is 1. The maximum Gasteiger partial charge on any atom is 0.433 e. The van der Waals surface area contributed by atoms with Crippen LogP contribution in [-0.2, 0) is 15.7 Å². The summed E-state index contributed by atoms with van der Waals surface area (Å²) in [6, 6.07) is 3.50. The number of halogens is 3. The molecule has 2 aliphatic carbocycles. The first-order chi connectivity index (χ1) is 23.5. The van der Waals surface area contributed by atoms with Crippen molar-refractivity contribution < 1.29 is 27.8 Å². The summed E-state index contributed by atoms with van der Waals surface area (Å²) in [5, 5.41) is 9.33. The summed E-state index contributed by atoms with van der Waals surface area (Å²) in [7, 11) is 3.76. The summed E-state index contributed by atoms with van der Waals surface area (Å²) < 4.78 is 47.3. The normalized spacial score (nSPS) is 18.6. The van der Waals surface area contributed by atoms with E-state index < -0.39 is 17.8 Å². The lowest BCUT2D eigenvalue weighted by Gasteiger charge is -2.40. The molecule has 4 aromatic rings. The zero-order chi connectivity index (χ0) is 34.3. The highest BCUT2D eigenvalue weighted by atomic mass is 19.4. The van der Waals surface area contributed by atoms with Crippen LogP contribution in [-0.4, -0.2) is 81.4 Å². The topological polar surface area (TPSA) is 133 Å². The minimum absolute atomic E-state index is 0.0321. The van der Waals surface area contributed by atoms with Crippen LogP contribution in [0.1, 0.15) is 75.0 Å². The molecule has 2 saturated carbocycles. The number of hydrogen-bond donors (Lipinski definition) is 2. The Hall–Kier alpha value is -4.33. The number of ether oxygens (including phenoxy) is 1. The lowest BCUT2D eigenvalue weighted by atomic mass is 9.74. The fraction of sp³-hybridized carbons (Fsp3) is 0.543. The number of anilines is 2. The second-order valence-electron chi connectivity index (χ2n) is 14.0. The third-order valence-electron chi connectivity index (χ3n) is 10.3. The Kier molecular flexibility index (Phi) is 8.92. The molecule has 49 heavy (non-hydrogen) atoms. The number of methoxy groups -OCH3 is 1. The van der Waals surface area contributed by atoms with Crippen molar-refractivity contribution in [3.8, 4) is 22.8 Å². The number of piperidine rings is 1. The van der Waals surface area contributed by atoms with Crippen molar-refractivity contribution in [1.82, 2.24) is 29.9 Å². The minimum atomic E-state index is -4.53. The van der Waals surface area contributed by atoms with Gasteiger partial charge in [-0.05, 0) is 62.1 Å². The molecule has 0 bridgehead atoms. The summed E-state index contributed by atoms with van der Waals surface area (Å²) in [6.45, 7) is 2.53. The van der Waals surface area contributed by atoms with Crippen molar-refractivity contribution >= 4 is 28.6 Å². The molecule has 11 nitrogen and oxygen atoms in total. The number of nitrogens with one attached hydrogen (secondary N) is 1. The molecule has 0 atom stereocenters. The second kappa shape index (κ2) is 13.2. The summed E-state index contributed by atoms with van der Waals surface area (Å²) in [5.41, 5.74) is 2.78. The van der Waals surface area contributed by atoms with Crippen LogP contribution in [0.4, 0.5) is 24.7 Å². The van der Waals surface area contributed by atoms with Gasteiger partial charge in [0.1, 0.15) is 22.7 Å². The van der Waals surface area contributed by atoms with Crippen LogP contribution >= 0.6 is 0 Å². The van der Waals surface area contributed by atoms with Crippen LogP contribution in [0.15, 0.2) is 30.7 Å². The lowest BCUT2D eigenvalue weighted by Crippen LogP contribution is -2.40. The number of H-pyrrole nitrogens is 1. The maximum atomic E-state index is 13.9. The van der Waals surface area contributed by atoms with Gasteiger partial charge in [0, 0.05) is 51.0 Å². The van der Waals surface area contributed by atoms with Gasteiger partial charge in [0.15, 0.2) is 11.5 Å². The molecular weight excluding hydrogens is 637 g/mol. The van der Waals surface area contributed by atoms with Crippen molar-refractivity contribution in [2.45, 2.75) is 69.9 Å². The van der Waals surface area contributed by atoms with Crippen LogP contribution in [0.5, 0.6) is 0 Å². The van der Waals surface area contributed by atoms with E-state index in [1.54, 1.807) is 25.6 Å². The quantitative estimate of drug-likeness (QED) is 0.187. The van der Waals surface area contributed by atoms with Gasteiger partial charge in [-0.3, -0.25) is 9.78 Å². The zero-order valence-corrected chi connectivity index (χ0v) is 27.8. The molecule has 14 heteroatoms. The number of nitrogens with zero attached hydrogens (tertiary/aromatic N) is 7. The van der Waals surface area contributed by atoms with E-state index in [0.717, 1.165) is 37.9 Å². The standard InChI is InChI=1S/C35H41F3N8O3/c1-45(19-34(20-49-2)10-4-3-5-11-34)27-15-25(23-14-24(21-6-7-21)30(41-16-23)35(36,37)38)42-32-29(27)43-31(44-32)26-17-40-28(18-39-26)46-12-8-22(9-13-46)33(47)48/h14-18,21-22H,3-13,19-20H2,1-2H3,(H,47,48)(H,42,43,44). The third kappa shape index (κ3) is 6.92. The Balaban J connectivity index is 1.25. The number of rotatable bonds is 10. The Morgan fingerprint density at radius 3 is 2.41 bits per heavy atom. The molecule has 7 rings (SSSR count). The number of pyridine rings is 2. The van der Waals surface area contributed by atoms with Gasteiger partial charge in [0.2, 0.25) is 0 Å². The number of imidazole rings is 1. The minimum Gasteiger partial charge on any atom is -0.481 e. The molecule has 5 heterocycles. The van der Waals surface area contributed by atoms with Crippen molar-refractivity contribution in [2.24, 2.45) is 11.3 Å². The third-order valence-corrected chi connectivity index (χ3v) is 10.3. The first-order valence-electron chi connectivity index (χ1n) is 17.0. The summed E-state index contributed by atoms with van der Waals surface area (Å²) in [5.74, 6) is -0.131. The van der Waals surface area contributed by atoms with E-state index in [-0.39, 0.29) is 22.8 Å². The van der Waals surface area contributed by atoms with E-state index in [9.17, 15) is 23.1 Å². The Morgan fingerprint density at radius 1 is 1.02 bits per heavy atom. The molecule has 0 unspecified atom stereocenters. The molecule has 0 aromatic carbocycles. The number of carbonyl (C=O) groups is 1. The first kappa shape index (κ1) is 33.2. The van der Waals surface area contributed by atoms with Crippen LogP contribution in [0.25, 0.3) is 33.9 Å². The molecule has 3 fully saturated rings. The number of aromatic amines is 1. The van der Waals surface area contributed by atoms with E-state index in [0.29, 0.717) is 85.1 Å². The smallest absolute Gasteiger partial charge is 0.433 e. The van der Waals surface area contributed by atoms with Crippen molar-refractivity contribution in [2.75, 3.05) is 50.2 Å². The van der Waals surface area contributed by atoms with Crippen molar-refractivity contribution in [3.63, 3.8) is 0 Å². The van der Waals surface area contributed by atoms with E-state index in [2.05, 4.69) is 24.8 Å². The highest BCUT2D eigenvalue weighted by Crippen LogP contribution is 2.46. The average Bonchev–Trinajstić information content (AvgIpc) is 3.86. The highest BCUT2D eigenvalue weighted by Gasteiger charge is 2.40. The molecule has 0 amide bonds. The van der Waals surface area contributed by atoms with E-state index in [4.69, 9.17) is 14.7 Å². The Bertz CT molecular complexity index is 1810. The summed E-state index contributed by atoms with van der Waals surface area (Å²) in [6.07, 6.45) is 8.11. The van der Waals surface area contributed by atoms with Crippen LogP contribution < -0.4 is 9.80 Å². The zero-order valence-electron chi connectivity index (χ0n) is 27.8. The van der Waals surface area contributed by atoms with E-state index in [1.165, 1.54) is 12.6 Å². The van der Waals surface area contributed by atoms with Crippen molar-refractivity contribution in [1.29, 1.82) is 0 Å². The number of carboxylic acids is 1. The molecule has 2 N–H and O–H groups in total. The van der Waals surface area contributed by atoms with Gasteiger partial charge in [-0.25, -0.2) is 19.9 Å². The van der Waals surface area contributed by atoms with Crippen LogP contribution in [0.3, 0.4) is 0 Å². The van der Waals surface area contributed by atoms with Gasteiger partial charge in [-0.1, -0.05) is 19.3 Å². The Labute approximate surface area is 282 Å². The number of aliphatic carboxylic acids is 1. The van der Waals surface area contributed by atoms with E-state index in [1.807, 2.05) is 18.0 Å². The van der Waals surface area contributed by atoms with Gasteiger partial charge in [-0.15, -0.1) is 0 Å². The van der Waals surface area contributed by atoms with Crippen LogP contribution in [0.2, 0.25) is 0 Å². The molecule has 0 radical (unpaired) electrons. The Morgan fingerprint density at radius 2 is 1.78 bits per heavy atom. The molecule has 0 spiro atoms. The molecule has 1 saturated heterocycles. The fourth-order valence-electron chi connectivity index (χ4n) is 7.61. The number of fused-ring (bicyclic) bond motifs is 1. The molecule has 4 aromatic heterocycles. The largest absolute Gasteiger partial charge is 0.481 e. The van der Waals surface area contributed by atoms with Gasteiger partial charge in [0.25, 0.3) is 0 Å². The second-order valence-corrected chi connectivity index (χ2v) is 14.0. The predicted molar refractivity (Wildman–Crippen MR) is 178 cm³/mol. The first-order valence-corrected chi connectivity index (χ1v) is 17.0. The van der Waals surface area contributed by atoms with Gasteiger partial charge < -0.3 is 24.6 Å². The van der Waals surface area contributed by atoms with E-state index >= 15 is 0 Å². The summed E-state index contributed by atoms with van der Waals surface area (Å²) in [4.78, 5) is 41.8. The SMILES string of the molecule is COCC1(CN(C)c2cc(-c3cnc(C(F)(F)F)c(C4CC4)c3)nc3nc(-c4cnc(N5CCC(C(=O)O)CC5)cn4)[nH]c23)CCCCC1. The summed E-state index contributed by atoms with van der Waals surface area (Å²) >= 11 is 0. The molecular formula is C35H41F3N8O3. The lowest BCUT2D eigenvalue weighted by molar-refractivity contribution is -0.143. The highest BCUT2D eigenvalue weighted by molar-refractivity contribution is 5.91. The number of hydrogen-bond acceptors (Lipinski definition) is 9. The van der Waals surface area contributed by atoms with Gasteiger partial charge in [0.05, 0.1) is 36.3 Å². The number of aromatic nitrogens is 6. The van der Waals surface area contributed by atoms with Crippen molar-refractivity contribution in [3.05, 3.63) is 42.0 Å². The predicted octanol–water partition coefficient (Wildman–Crippen LogP) is 6.71. The monoisotopic (exact) mass is 678 g/mol. The molecule has 1 aliphatic heterocycles.